The van der Waals surface area contributed by atoms with Crippen molar-refractivity contribution in [3.8, 4) is 0 Å². The van der Waals surface area contributed by atoms with Crippen molar-refractivity contribution < 1.29 is 14.5 Å². The number of benzene rings is 1. The van der Waals surface area contributed by atoms with Gasteiger partial charge in [-0.05, 0) is 18.9 Å². The number of nitrogens with zero attached hydrogens (tertiary/aromatic N) is 1. The van der Waals surface area contributed by atoms with E-state index in [1.54, 1.807) is 12.1 Å². The summed E-state index contributed by atoms with van der Waals surface area (Å²) in [6, 6.07) is 5.61. The third-order valence-corrected chi connectivity index (χ3v) is 3.29. The molecule has 2 N–H and O–H groups in total. The van der Waals surface area contributed by atoms with E-state index in [0.29, 0.717) is 12.8 Å². The summed E-state index contributed by atoms with van der Waals surface area (Å²) in [7, 11) is 0. The van der Waals surface area contributed by atoms with Crippen molar-refractivity contribution in [2.24, 2.45) is 0 Å². The highest BCUT2D eigenvalue weighted by atomic mass is 16.6. The minimum atomic E-state index is -0.456. The minimum absolute atomic E-state index is 0.0296. The number of imide groups is 1. The third kappa shape index (κ3) is 3.18. The van der Waals surface area contributed by atoms with Crippen molar-refractivity contribution in [3.05, 3.63) is 39.9 Å². The highest BCUT2D eigenvalue weighted by Gasteiger charge is 2.27. The van der Waals surface area contributed by atoms with Gasteiger partial charge in [0.1, 0.15) is 0 Å². The summed E-state index contributed by atoms with van der Waals surface area (Å²) in [4.78, 5) is 32.8. The molecule has 0 radical (unpaired) electrons. The molecule has 0 saturated carbocycles. The van der Waals surface area contributed by atoms with Gasteiger partial charge in [0, 0.05) is 24.6 Å². The van der Waals surface area contributed by atoms with Gasteiger partial charge in [0.05, 0.1) is 11.0 Å². The lowest BCUT2D eigenvalue weighted by atomic mass is 10.0. The van der Waals surface area contributed by atoms with Crippen molar-refractivity contribution in [3.63, 3.8) is 0 Å². The van der Waals surface area contributed by atoms with Gasteiger partial charge in [-0.1, -0.05) is 12.1 Å². The molecule has 2 rings (SSSR count). The summed E-state index contributed by atoms with van der Waals surface area (Å²) in [6.07, 6.45) is 0.776. The summed E-state index contributed by atoms with van der Waals surface area (Å²) in [5.41, 5.74) is 0.877. The van der Waals surface area contributed by atoms with Crippen LogP contribution in [-0.4, -0.2) is 22.8 Å². The van der Waals surface area contributed by atoms with E-state index < -0.39 is 11.0 Å². The number of rotatable bonds is 4. The van der Waals surface area contributed by atoms with Crippen molar-refractivity contribution >= 4 is 17.5 Å². The molecule has 0 aliphatic carbocycles. The fraction of sp³-hybridized carbons (Fsp3) is 0.385. The number of nitrogens with one attached hydrogen (secondary N) is 2. The van der Waals surface area contributed by atoms with Crippen LogP contribution < -0.4 is 10.6 Å². The number of carbonyl (C=O) groups is 2. The number of piperidine rings is 1. The predicted octanol–water partition coefficient (Wildman–Crippen LogP) is 1.05. The first-order valence-corrected chi connectivity index (χ1v) is 6.31. The molecule has 0 aromatic heterocycles. The van der Waals surface area contributed by atoms with E-state index in [4.69, 9.17) is 0 Å². The average molecular weight is 277 g/mol. The molecular weight excluding hydrogens is 262 g/mol. The van der Waals surface area contributed by atoms with Crippen molar-refractivity contribution in [1.82, 2.24) is 10.6 Å². The minimum Gasteiger partial charge on any atom is -0.299 e. The Balaban J connectivity index is 2.00. The molecule has 2 atom stereocenters. The Morgan fingerprint density at radius 3 is 2.55 bits per heavy atom. The zero-order valence-electron chi connectivity index (χ0n) is 11.0. The van der Waals surface area contributed by atoms with Crippen LogP contribution in [0, 0.1) is 10.1 Å². The maximum atomic E-state index is 11.6. The summed E-state index contributed by atoms with van der Waals surface area (Å²) >= 11 is 0. The first-order valence-electron chi connectivity index (χ1n) is 6.31. The van der Waals surface area contributed by atoms with Gasteiger partial charge in [-0.3, -0.25) is 30.3 Å². The maximum Gasteiger partial charge on any atom is 0.269 e. The first-order chi connectivity index (χ1) is 9.47. The van der Waals surface area contributed by atoms with Crippen LogP contribution in [-0.2, 0) is 9.59 Å². The van der Waals surface area contributed by atoms with Crippen molar-refractivity contribution in [2.45, 2.75) is 31.8 Å². The monoisotopic (exact) mass is 277 g/mol. The third-order valence-electron chi connectivity index (χ3n) is 3.29. The van der Waals surface area contributed by atoms with Crippen LogP contribution >= 0.6 is 0 Å². The quantitative estimate of drug-likeness (QED) is 0.486. The lowest BCUT2D eigenvalue weighted by Gasteiger charge is -2.25. The Labute approximate surface area is 115 Å². The van der Waals surface area contributed by atoms with Crippen molar-refractivity contribution in [1.29, 1.82) is 0 Å². The molecular formula is C13H15N3O4. The zero-order chi connectivity index (χ0) is 14.7. The molecule has 0 bridgehead atoms. The maximum absolute atomic E-state index is 11.6. The second-order valence-electron chi connectivity index (χ2n) is 4.74. The van der Waals surface area contributed by atoms with E-state index in [2.05, 4.69) is 10.6 Å². The standard InChI is InChI=1S/C13H15N3O4/c1-8(9-2-4-10(5-3-9)16(19)20)14-11-6-7-12(17)15-13(11)18/h2-5,8,11,14H,6-7H2,1H3,(H,15,17,18). The largest absolute Gasteiger partial charge is 0.299 e. The molecule has 1 aliphatic heterocycles. The van der Waals surface area contributed by atoms with Gasteiger partial charge in [0.15, 0.2) is 0 Å². The Bertz CT molecular complexity index is 541. The van der Waals surface area contributed by atoms with E-state index in [1.165, 1.54) is 12.1 Å². The summed E-state index contributed by atoms with van der Waals surface area (Å²) in [5.74, 6) is -0.578. The van der Waals surface area contributed by atoms with Gasteiger partial charge in [-0.15, -0.1) is 0 Å². The van der Waals surface area contributed by atoms with Gasteiger partial charge >= 0.3 is 0 Å². The highest BCUT2D eigenvalue weighted by molar-refractivity contribution is 6.00. The fourth-order valence-corrected chi connectivity index (χ4v) is 2.14. The second-order valence-corrected chi connectivity index (χ2v) is 4.74. The number of non-ortho nitro benzene ring substituents is 1. The predicted molar refractivity (Wildman–Crippen MR) is 70.8 cm³/mol. The average Bonchev–Trinajstić information content (AvgIpc) is 2.42. The van der Waals surface area contributed by atoms with E-state index in [1.807, 2.05) is 6.92 Å². The molecule has 1 aliphatic rings. The Morgan fingerprint density at radius 2 is 2.00 bits per heavy atom. The topological polar surface area (TPSA) is 101 Å². The zero-order valence-corrected chi connectivity index (χ0v) is 11.0. The van der Waals surface area contributed by atoms with Crippen LogP contribution in [0.2, 0.25) is 0 Å². The van der Waals surface area contributed by atoms with Crippen molar-refractivity contribution in [2.75, 3.05) is 0 Å². The van der Waals surface area contributed by atoms with Crippen LogP contribution in [0.5, 0.6) is 0 Å². The highest BCUT2D eigenvalue weighted by Crippen LogP contribution is 2.19. The Morgan fingerprint density at radius 1 is 1.35 bits per heavy atom. The molecule has 7 heteroatoms. The van der Waals surface area contributed by atoms with E-state index in [-0.39, 0.29) is 23.5 Å². The lowest BCUT2D eigenvalue weighted by molar-refractivity contribution is -0.384. The Kier molecular flexibility index (Phi) is 4.09. The van der Waals surface area contributed by atoms with E-state index >= 15 is 0 Å². The van der Waals surface area contributed by atoms with E-state index in [9.17, 15) is 19.7 Å². The van der Waals surface area contributed by atoms with Crippen LogP contribution in [0.3, 0.4) is 0 Å². The van der Waals surface area contributed by atoms with Crippen LogP contribution in [0.15, 0.2) is 24.3 Å². The number of nitro groups is 1. The van der Waals surface area contributed by atoms with Crippen LogP contribution in [0.4, 0.5) is 5.69 Å². The molecule has 20 heavy (non-hydrogen) atoms. The van der Waals surface area contributed by atoms with Gasteiger partial charge in [-0.2, -0.15) is 0 Å². The molecule has 1 aromatic rings. The lowest BCUT2D eigenvalue weighted by Crippen LogP contribution is -2.51. The molecule has 1 aromatic carbocycles. The van der Waals surface area contributed by atoms with Gasteiger partial charge in [0.2, 0.25) is 11.8 Å². The summed E-state index contributed by atoms with van der Waals surface area (Å²) in [5, 5.41) is 16.0. The number of amides is 2. The first kappa shape index (κ1) is 14.1. The van der Waals surface area contributed by atoms with Crippen LogP contribution in [0.1, 0.15) is 31.4 Å². The van der Waals surface area contributed by atoms with Gasteiger partial charge in [0.25, 0.3) is 5.69 Å². The summed E-state index contributed by atoms with van der Waals surface area (Å²) < 4.78 is 0. The number of hydrogen-bond acceptors (Lipinski definition) is 5. The number of carbonyl (C=O) groups excluding carboxylic acids is 2. The van der Waals surface area contributed by atoms with Crippen LogP contribution in [0.25, 0.3) is 0 Å². The number of hydrogen-bond donors (Lipinski definition) is 2. The fourth-order valence-electron chi connectivity index (χ4n) is 2.14. The molecule has 1 saturated heterocycles. The summed E-state index contributed by atoms with van der Waals surface area (Å²) in [6.45, 7) is 1.87. The number of nitro benzene ring substituents is 1. The molecule has 1 fully saturated rings. The SMILES string of the molecule is CC(NC1CCC(=O)NC1=O)c1ccc([N+](=O)[O-])cc1. The molecule has 7 nitrogen and oxygen atoms in total. The molecule has 2 amide bonds. The Hall–Kier alpha value is -2.28. The molecule has 1 heterocycles. The smallest absolute Gasteiger partial charge is 0.269 e. The van der Waals surface area contributed by atoms with Gasteiger partial charge in [-0.25, -0.2) is 0 Å². The van der Waals surface area contributed by atoms with E-state index in [0.717, 1.165) is 5.56 Å². The van der Waals surface area contributed by atoms with Gasteiger partial charge < -0.3 is 0 Å². The second kappa shape index (κ2) is 5.79. The normalized spacial score (nSPS) is 20.4. The molecule has 2 unspecified atom stereocenters. The molecule has 106 valence electrons. The molecule has 0 spiro atoms.